The van der Waals surface area contributed by atoms with Crippen LogP contribution in [0.2, 0.25) is 0 Å². The van der Waals surface area contributed by atoms with E-state index in [0.29, 0.717) is 47.2 Å². The Bertz CT molecular complexity index is 1390. The van der Waals surface area contributed by atoms with Crippen LogP contribution in [0.3, 0.4) is 0 Å². The van der Waals surface area contributed by atoms with Crippen molar-refractivity contribution in [3.8, 4) is 23.0 Å². The summed E-state index contributed by atoms with van der Waals surface area (Å²) >= 11 is 0. The minimum absolute atomic E-state index is 0.0414. The number of amides is 2. The fourth-order valence-electron chi connectivity index (χ4n) is 5.79. The first-order valence-electron chi connectivity index (χ1n) is 13.3. The lowest BCUT2D eigenvalue weighted by atomic mass is 9.78. The predicted octanol–water partition coefficient (Wildman–Crippen LogP) is 3.98. The van der Waals surface area contributed by atoms with Crippen molar-refractivity contribution in [1.82, 2.24) is 9.80 Å². The molecule has 2 atom stereocenters. The van der Waals surface area contributed by atoms with E-state index in [2.05, 4.69) is 17.0 Å². The monoisotopic (exact) mass is 545 g/mol. The molecule has 0 unspecified atom stereocenters. The number of piperazine rings is 1. The van der Waals surface area contributed by atoms with Crippen molar-refractivity contribution in [2.75, 3.05) is 66.6 Å². The second kappa shape index (κ2) is 11.4. The number of fused-ring (bicyclic) bond motifs is 1. The first-order chi connectivity index (χ1) is 19.4. The molecule has 0 radical (unpaired) electrons. The van der Waals surface area contributed by atoms with Gasteiger partial charge in [-0.3, -0.25) is 9.59 Å². The zero-order valence-electron chi connectivity index (χ0n) is 23.5. The average molecular weight is 546 g/mol. The fraction of sp³-hybridized carbons (Fsp3) is 0.355. The topological polar surface area (TPSA) is 80.8 Å². The third kappa shape index (κ3) is 4.76. The van der Waals surface area contributed by atoms with Crippen LogP contribution in [0.4, 0.5) is 5.69 Å². The van der Waals surface area contributed by atoms with Gasteiger partial charge in [-0.05, 0) is 47.5 Å². The van der Waals surface area contributed by atoms with Crippen molar-refractivity contribution in [2.24, 2.45) is 0 Å². The summed E-state index contributed by atoms with van der Waals surface area (Å²) in [5.74, 6) is 1.10. The van der Waals surface area contributed by atoms with E-state index in [1.165, 1.54) is 7.11 Å². The number of hydrogen-bond donors (Lipinski definition) is 0. The number of anilines is 1. The highest BCUT2D eigenvalue weighted by molar-refractivity contribution is 6.02. The number of carbonyl (C=O) groups is 2. The average Bonchev–Trinajstić information content (AvgIpc) is 3.01. The minimum atomic E-state index is -0.668. The normalized spacial score (nSPS) is 18.7. The predicted molar refractivity (Wildman–Crippen MR) is 152 cm³/mol. The summed E-state index contributed by atoms with van der Waals surface area (Å²) in [4.78, 5) is 34.0. The molecule has 2 heterocycles. The second-order valence-electron chi connectivity index (χ2n) is 9.90. The minimum Gasteiger partial charge on any atom is -0.493 e. The summed E-state index contributed by atoms with van der Waals surface area (Å²) in [5, 5.41) is 0. The van der Waals surface area contributed by atoms with Gasteiger partial charge in [-0.1, -0.05) is 24.3 Å². The van der Waals surface area contributed by atoms with E-state index in [0.717, 1.165) is 24.3 Å². The lowest BCUT2D eigenvalue weighted by molar-refractivity contribution is -0.134. The first kappa shape index (κ1) is 27.2. The number of hydrogen-bond acceptors (Lipinski definition) is 7. The van der Waals surface area contributed by atoms with Gasteiger partial charge >= 0.3 is 0 Å². The Hall–Kier alpha value is -4.40. The molecule has 9 heteroatoms. The molecule has 0 aliphatic carbocycles. The van der Waals surface area contributed by atoms with Crippen molar-refractivity contribution in [2.45, 2.75) is 12.0 Å². The maximum atomic E-state index is 14.5. The Kier molecular flexibility index (Phi) is 7.73. The van der Waals surface area contributed by atoms with Crippen LogP contribution in [0, 0.1) is 0 Å². The Morgan fingerprint density at radius 1 is 0.750 bits per heavy atom. The molecule has 1 fully saturated rings. The summed E-state index contributed by atoms with van der Waals surface area (Å²) in [6.07, 6.45) is 0. The Labute approximate surface area is 234 Å². The lowest BCUT2D eigenvalue weighted by Gasteiger charge is -2.43. The molecule has 3 aromatic rings. The van der Waals surface area contributed by atoms with E-state index in [1.54, 1.807) is 51.5 Å². The summed E-state index contributed by atoms with van der Waals surface area (Å²) in [6, 6.07) is 18.6. The molecule has 0 aromatic heterocycles. The number of nitrogens with zero attached hydrogens (tertiary/aromatic N) is 3. The van der Waals surface area contributed by atoms with Gasteiger partial charge in [-0.2, -0.15) is 0 Å². The number of rotatable bonds is 7. The summed E-state index contributed by atoms with van der Waals surface area (Å²) in [6.45, 7) is 2.58. The van der Waals surface area contributed by atoms with Crippen LogP contribution in [0.5, 0.6) is 23.0 Å². The molecule has 5 rings (SSSR count). The molecular weight excluding hydrogens is 510 g/mol. The number of carbonyl (C=O) groups excluding carboxylic acids is 2. The van der Waals surface area contributed by atoms with Gasteiger partial charge in [-0.25, -0.2) is 0 Å². The zero-order valence-corrected chi connectivity index (χ0v) is 23.5. The van der Waals surface area contributed by atoms with E-state index >= 15 is 0 Å². The highest BCUT2D eigenvalue weighted by Crippen LogP contribution is 2.47. The quantitative estimate of drug-likeness (QED) is 0.444. The Balaban J connectivity index is 1.57. The van der Waals surface area contributed by atoms with Gasteiger partial charge in [0.15, 0.2) is 23.0 Å². The molecular formula is C31H35N3O6. The first-order valence-corrected chi connectivity index (χ1v) is 13.3. The number of ether oxygens (including phenoxy) is 4. The summed E-state index contributed by atoms with van der Waals surface area (Å²) < 4.78 is 22.1. The Morgan fingerprint density at radius 3 is 1.98 bits per heavy atom. The molecule has 210 valence electrons. The van der Waals surface area contributed by atoms with E-state index in [9.17, 15) is 9.59 Å². The molecule has 0 spiro atoms. The van der Waals surface area contributed by atoms with Crippen LogP contribution >= 0.6 is 0 Å². The summed E-state index contributed by atoms with van der Waals surface area (Å²) in [7, 11) is 7.95. The van der Waals surface area contributed by atoms with Crippen LogP contribution in [-0.4, -0.2) is 83.3 Å². The third-order valence-electron chi connectivity index (χ3n) is 7.90. The number of methoxy groups -OCH3 is 4. The second-order valence-corrected chi connectivity index (χ2v) is 9.90. The van der Waals surface area contributed by atoms with Crippen LogP contribution < -0.4 is 23.8 Å². The SMILES string of the molecule is COc1ccc([C@H]2[C@H](C(=O)N3CCN(c4ccccc4)CC3)c3cc(OC)c(OC)cc3C(=O)N2C)cc1OC. The van der Waals surface area contributed by atoms with Gasteiger partial charge in [0.05, 0.1) is 40.4 Å². The van der Waals surface area contributed by atoms with Crippen molar-refractivity contribution in [3.63, 3.8) is 0 Å². The van der Waals surface area contributed by atoms with Crippen LogP contribution in [0.25, 0.3) is 0 Å². The molecule has 0 saturated carbocycles. The van der Waals surface area contributed by atoms with Crippen molar-refractivity contribution < 1.29 is 28.5 Å². The van der Waals surface area contributed by atoms with Gasteiger partial charge in [-0.15, -0.1) is 0 Å². The molecule has 3 aromatic carbocycles. The number of likely N-dealkylation sites (N-methyl/N-ethyl adjacent to an activating group) is 1. The van der Waals surface area contributed by atoms with Gasteiger partial charge in [0, 0.05) is 44.5 Å². The molecule has 2 aliphatic rings. The lowest BCUT2D eigenvalue weighted by Crippen LogP contribution is -2.53. The Morgan fingerprint density at radius 2 is 1.35 bits per heavy atom. The van der Waals surface area contributed by atoms with Gasteiger partial charge in [0.2, 0.25) is 5.91 Å². The van der Waals surface area contributed by atoms with Gasteiger partial charge in [0.25, 0.3) is 5.91 Å². The molecule has 9 nitrogen and oxygen atoms in total. The van der Waals surface area contributed by atoms with Gasteiger partial charge in [0.1, 0.15) is 0 Å². The molecule has 1 saturated heterocycles. The van der Waals surface area contributed by atoms with Crippen molar-refractivity contribution in [1.29, 1.82) is 0 Å². The highest BCUT2D eigenvalue weighted by Gasteiger charge is 2.45. The van der Waals surface area contributed by atoms with E-state index < -0.39 is 12.0 Å². The zero-order chi connectivity index (χ0) is 28.4. The number of para-hydroxylation sites is 1. The molecule has 0 bridgehead atoms. The fourth-order valence-corrected chi connectivity index (χ4v) is 5.79. The van der Waals surface area contributed by atoms with E-state index in [-0.39, 0.29) is 11.8 Å². The molecule has 2 aliphatic heterocycles. The van der Waals surface area contributed by atoms with Crippen molar-refractivity contribution >= 4 is 17.5 Å². The van der Waals surface area contributed by atoms with Crippen LogP contribution in [-0.2, 0) is 4.79 Å². The molecule has 40 heavy (non-hydrogen) atoms. The molecule has 0 N–H and O–H groups in total. The van der Waals surface area contributed by atoms with E-state index in [1.807, 2.05) is 35.2 Å². The van der Waals surface area contributed by atoms with Crippen LogP contribution in [0.1, 0.15) is 33.4 Å². The number of benzene rings is 3. The smallest absolute Gasteiger partial charge is 0.254 e. The maximum Gasteiger partial charge on any atom is 0.254 e. The van der Waals surface area contributed by atoms with Crippen molar-refractivity contribution in [3.05, 3.63) is 77.4 Å². The highest BCUT2D eigenvalue weighted by atomic mass is 16.5. The molecule has 2 amide bonds. The standard InChI is InChI=1S/C31H35N3O6/c1-32-29(20-11-12-24(37-2)25(17-20)38-3)28(22-18-26(39-4)27(40-5)19-23(22)30(32)35)31(36)34-15-13-33(14-16-34)21-9-7-6-8-10-21/h6-12,17-19,28-29H,13-16H2,1-5H3/t28-,29+/m1/s1. The van der Waals surface area contributed by atoms with E-state index in [4.69, 9.17) is 18.9 Å². The summed E-state index contributed by atoms with van der Waals surface area (Å²) in [5.41, 5.74) is 2.97. The van der Waals surface area contributed by atoms with Crippen LogP contribution in [0.15, 0.2) is 60.7 Å². The third-order valence-corrected chi connectivity index (χ3v) is 7.90. The largest absolute Gasteiger partial charge is 0.493 e. The maximum absolute atomic E-state index is 14.5. The van der Waals surface area contributed by atoms with Gasteiger partial charge < -0.3 is 33.6 Å².